The zero-order valence-electron chi connectivity index (χ0n) is 19.3. The molecule has 1 aromatic rings. The summed E-state index contributed by atoms with van der Waals surface area (Å²) in [6.07, 6.45) is 10.9. The van der Waals surface area contributed by atoms with Crippen molar-refractivity contribution in [3.05, 3.63) is 35.9 Å². The molecule has 1 spiro atoms. The molecule has 2 aliphatic carbocycles. The number of nitrogens with one attached hydrogen (secondary N) is 2. The van der Waals surface area contributed by atoms with E-state index in [-0.39, 0.29) is 24.0 Å². The number of hydrogen-bond donors (Lipinski definition) is 2. The SMILES string of the molecule is CCN=C(NC1CC2CCC(C1)N2Cc1ccccc1)NC1C2CCOC2C12CCC2.I. The molecule has 1 aromatic carbocycles. The van der Waals surface area contributed by atoms with Crippen LogP contribution in [0.2, 0.25) is 0 Å². The molecule has 0 aromatic heterocycles. The highest BCUT2D eigenvalue weighted by Gasteiger charge is 2.66. The van der Waals surface area contributed by atoms with Gasteiger partial charge in [0, 0.05) is 55.2 Å². The summed E-state index contributed by atoms with van der Waals surface area (Å²) in [5, 5.41) is 7.79. The summed E-state index contributed by atoms with van der Waals surface area (Å²) in [6, 6.07) is 13.5. The fourth-order valence-corrected chi connectivity index (χ4v) is 7.53. The van der Waals surface area contributed by atoms with Crippen molar-refractivity contribution in [2.45, 2.75) is 95.1 Å². The number of guanidine groups is 1. The third kappa shape index (κ3) is 3.88. The van der Waals surface area contributed by atoms with Gasteiger partial charge < -0.3 is 15.4 Å². The lowest BCUT2D eigenvalue weighted by Crippen LogP contribution is -2.73. The van der Waals surface area contributed by atoms with Crippen LogP contribution in [0.25, 0.3) is 0 Å². The number of nitrogens with zero attached hydrogens (tertiary/aromatic N) is 2. The van der Waals surface area contributed by atoms with Crippen LogP contribution in [0.1, 0.15) is 63.9 Å². The first-order chi connectivity index (χ1) is 15.3. The highest BCUT2D eigenvalue weighted by atomic mass is 127. The Labute approximate surface area is 210 Å². The maximum Gasteiger partial charge on any atom is 0.191 e. The van der Waals surface area contributed by atoms with Crippen LogP contribution >= 0.6 is 24.0 Å². The van der Waals surface area contributed by atoms with Gasteiger partial charge in [0.05, 0.1) is 6.10 Å². The lowest BCUT2D eigenvalue weighted by atomic mass is 9.46. The van der Waals surface area contributed by atoms with E-state index < -0.39 is 0 Å². The first-order valence-corrected chi connectivity index (χ1v) is 12.8. The molecule has 2 N–H and O–H groups in total. The maximum absolute atomic E-state index is 6.12. The summed E-state index contributed by atoms with van der Waals surface area (Å²) in [5.41, 5.74) is 1.85. The second kappa shape index (κ2) is 9.41. The van der Waals surface area contributed by atoms with Crippen molar-refractivity contribution in [3.63, 3.8) is 0 Å². The normalized spacial score (nSPS) is 37.2. The van der Waals surface area contributed by atoms with Gasteiger partial charge in [0.25, 0.3) is 0 Å². The molecule has 5 unspecified atom stereocenters. The Kier molecular flexibility index (Phi) is 6.74. The van der Waals surface area contributed by atoms with Crippen molar-refractivity contribution in [1.29, 1.82) is 0 Å². The standard InChI is InChI=1S/C26H38N4O.HI/c1-2-27-25(29-23-22-11-14-31-24(22)26(23)12-6-13-26)28-19-15-20-9-10-21(16-19)30(20)17-18-7-4-3-5-8-18;/h3-5,7-8,19-24H,2,6,9-17H2,1H3,(H2,27,28,29);1H. The van der Waals surface area contributed by atoms with Crippen molar-refractivity contribution < 1.29 is 4.74 Å². The second-order valence-electron chi connectivity index (χ2n) is 10.6. The molecule has 6 heteroatoms. The van der Waals surface area contributed by atoms with Crippen LogP contribution in [-0.4, -0.2) is 54.3 Å². The lowest BCUT2D eigenvalue weighted by Gasteiger charge is -2.63. The molecule has 2 saturated carbocycles. The molecule has 3 heterocycles. The Balaban J connectivity index is 0.00000216. The molecule has 5 atom stereocenters. The molecule has 32 heavy (non-hydrogen) atoms. The smallest absolute Gasteiger partial charge is 0.191 e. The highest BCUT2D eigenvalue weighted by Crippen LogP contribution is 2.62. The van der Waals surface area contributed by atoms with Gasteiger partial charge in [-0.15, -0.1) is 24.0 Å². The number of rotatable bonds is 5. The van der Waals surface area contributed by atoms with E-state index in [4.69, 9.17) is 9.73 Å². The van der Waals surface area contributed by atoms with Crippen molar-refractivity contribution in [2.75, 3.05) is 13.2 Å². The minimum Gasteiger partial charge on any atom is -0.377 e. The van der Waals surface area contributed by atoms with E-state index in [1.54, 1.807) is 0 Å². The van der Waals surface area contributed by atoms with E-state index in [2.05, 4.69) is 52.8 Å². The van der Waals surface area contributed by atoms with E-state index in [1.165, 1.54) is 56.9 Å². The van der Waals surface area contributed by atoms with Crippen LogP contribution in [0.4, 0.5) is 0 Å². The van der Waals surface area contributed by atoms with Crippen LogP contribution in [0.15, 0.2) is 35.3 Å². The molecule has 5 fully saturated rings. The highest BCUT2D eigenvalue weighted by molar-refractivity contribution is 14.0. The van der Waals surface area contributed by atoms with Gasteiger partial charge in [-0.3, -0.25) is 9.89 Å². The molecular weight excluding hydrogens is 511 g/mol. The fourth-order valence-electron chi connectivity index (χ4n) is 7.53. The first kappa shape index (κ1) is 22.9. The zero-order valence-corrected chi connectivity index (χ0v) is 21.7. The maximum atomic E-state index is 6.12. The zero-order chi connectivity index (χ0) is 20.8. The quantitative estimate of drug-likeness (QED) is 0.326. The van der Waals surface area contributed by atoms with Crippen molar-refractivity contribution >= 4 is 29.9 Å². The average molecular weight is 551 g/mol. The number of ether oxygens (including phenoxy) is 1. The van der Waals surface area contributed by atoms with Gasteiger partial charge >= 0.3 is 0 Å². The van der Waals surface area contributed by atoms with E-state index in [0.29, 0.717) is 41.6 Å². The van der Waals surface area contributed by atoms with Crippen LogP contribution < -0.4 is 10.6 Å². The van der Waals surface area contributed by atoms with Crippen LogP contribution in [0.3, 0.4) is 0 Å². The number of hydrogen-bond acceptors (Lipinski definition) is 3. The molecule has 3 aliphatic heterocycles. The molecule has 0 radical (unpaired) electrons. The molecule has 176 valence electrons. The Bertz CT molecular complexity index is 799. The fraction of sp³-hybridized carbons (Fsp3) is 0.731. The third-order valence-electron chi connectivity index (χ3n) is 9.08. The molecule has 0 amide bonds. The Morgan fingerprint density at radius 1 is 1.09 bits per heavy atom. The summed E-state index contributed by atoms with van der Waals surface area (Å²) >= 11 is 0. The summed E-state index contributed by atoms with van der Waals surface area (Å²) in [4.78, 5) is 7.65. The summed E-state index contributed by atoms with van der Waals surface area (Å²) < 4.78 is 6.12. The van der Waals surface area contributed by atoms with E-state index in [1.807, 2.05) is 0 Å². The van der Waals surface area contributed by atoms with Crippen molar-refractivity contribution in [1.82, 2.24) is 15.5 Å². The topological polar surface area (TPSA) is 48.9 Å². The van der Waals surface area contributed by atoms with E-state index >= 15 is 0 Å². The minimum absolute atomic E-state index is 0. The molecule has 2 bridgehead atoms. The second-order valence-corrected chi connectivity index (χ2v) is 10.6. The van der Waals surface area contributed by atoms with E-state index in [9.17, 15) is 0 Å². The van der Waals surface area contributed by atoms with Gasteiger partial charge in [-0.25, -0.2) is 0 Å². The van der Waals surface area contributed by atoms with Gasteiger partial charge in [-0.1, -0.05) is 36.8 Å². The van der Waals surface area contributed by atoms with Crippen LogP contribution in [-0.2, 0) is 11.3 Å². The Morgan fingerprint density at radius 2 is 1.84 bits per heavy atom. The Morgan fingerprint density at radius 3 is 2.50 bits per heavy atom. The minimum atomic E-state index is 0. The van der Waals surface area contributed by atoms with Gasteiger partial charge in [-0.2, -0.15) is 0 Å². The van der Waals surface area contributed by atoms with Gasteiger partial charge in [0.15, 0.2) is 5.96 Å². The molecule has 6 rings (SSSR count). The van der Waals surface area contributed by atoms with Crippen LogP contribution in [0, 0.1) is 11.3 Å². The van der Waals surface area contributed by atoms with Gasteiger partial charge in [0.1, 0.15) is 0 Å². The van der Waals surface area contributed by atoms with Crippen LogP contribution in [0.5, 0.6) is 0 Å². The van der Waals surface area contributed by atoms with Gasteiger partial charge in [-0.05, 0) is 57.4 Å². The summed E-state index contributed by atoms with van der Waals surface area (Å²) in [7, 11) is 0. The summed E-state index contributed by atoms with van der Waals surface area (Å²) in [5.74, 6) is 1.75. The largest absolute Gasteiger partial charge is 0.377 e. The van der Waals surface area contributed by atoms with Crippen molar-refractivity contribution in [3.8, 4) is 0 Å². The predicted molar refractivity (Wildman–Crippen MR) is 139 cm³/mol. The average Bonchev–Trinajstić information content (AvgIpc) is 3.25. The third-order valence-corrected chi connectivity index (χ3v) is 9.08. The molecule has 5 aliphatic rings. The van der Waals surface area contributed by atoms with E-state index in [0.717, 1.165) is 25.7 Å². The summed E-state index contributed by atoms with van der Waals surface area (Å²) in [6.45, 7) is 5.03. The molecular formula is C26H39IN4O. The number of aliphatic imine (C=N–C) groups is 1. The van der Waals surface area contributed by atoms with Crippen molar-refractivity contribution in [2.24, 2.45) is 16.3 Å². The molecule has 5 nitrogen and oxygen atoms in total. The number of benzene rings is 1. The Hall–Kier alpha value is -0.860. The number of piperidine rings is 1. The molecule has 3 saturated heterocycles. The van der Waals surface area contributed by atoms with Gasteiger partial charge in [0.2, 0.25) is 0 Å². The first-order valence-electron chi connectivity index (χ1n) is 12.8. The lowest BCUT2D eigenvalue weighted by molar-refractivity contribution is -0.171. The number of halogens is 1. The number of fused-ring (bicyclic) bond motifs is 4. The predicted octanol–water partition coefficient (Wildman–Crippen LogP) is 4.31. The monoisotopic (exact) mass is 550 g/mol.